The molecule has 0 spiro atoms. The van der Waals surface area contributed by atoms with Crippen LogP contribution in [0.25, 0.3) is 11.0 Å². The zero-order chi connectivity index (χ0) is 19.6. The van der Waals surface area contributed by atoms with Gasteiger partial charge in [0, 0.05) is 36.8 Å². The zero-order valence-electron chi connectivity index (χ0n) is 14.5. The summed E-state index contributed by atoms with van der Waals surface area (Å²) in [5.41, 5.74) is 1.09. The third kappa shape index (κ3) is 4.27. The van der Waals surface area contributed by atoms with Crippen molar-refractivity contribution in [2.24, 2.45) is 10.9 Å². The second kappa shape index (κ2) is 7.29. The van der Waals surface area contributed by atoms with E-state index < -0.39 is 6.36 Å². The molecule has 1 atom stereocenters. The average molecular weight is 388 g/mol. The summed E-state index contributed by atoms with van der Waals surface area (Å²) >= 11 is 0. The van der Waals surface area contributed by atoms with E-state index in [-0.39, 0.29) is 11.7 Å². The number of rotatable bonds is 5. The van der Waals surface area contributed by atoms with Gasteiger partial charge in [0.1, 0.15) is 17.9 Å². The van der Waals surface area contributed by atoms with Crippen molar-refractivity contribution in [2.75, 3.05) is 5.32 Å². The van der Waals surface area contributed by atoms with Gasteiger partial charge in [0.05, 0.1) is 5.39 Å². The minimum absolute atomic E-state index is 0.254. The molecule has 28 heavy (non-hydrogen) atoms. The lowest BCUT2D eigenvalue weighted by Gasteiger charge is -2.11. The quantitative estimate of drug-likeness (QED) is 0.713. The maximum atomic E-state index is 12.3. The lowest BCUT2D eigenvalue weighted by Crippen LogP contribution is -2.16. The van der Waals surface area contributed by atoms with E-state index in [1.54, 1.807) is 10.9 Å². The number of alkyl halides is 3. The number of benzene rings is 1. The Kier molecular flexibility index (Phi) is 4.68. The minimum Gasteiger partial charge on any atom is -0.406 e. The van der Waals surface area contributed by atoms with Crippen LogP contribution in [0.1, 0.15) is 6.42 Å². The average Bonchev–Trinajstić information content (AvgIpc) is 3.06. The number of anilines is 2. The number of ether oxygens (including phenoxy) is 1. The first kappa shape index (κ1) is 18.0. The zero-order valence-corrected chi connectivity index (χ0v) is 14.5. The molecule has 0 saturated heterocycles. The lowest BCUT2D eigenvalue weighted by molar-refractivity contribution is -0.274. The van der Waals surface area contributed by atoms with Gasteiger partial charge in [-0.1, -0.05) is 6.08 Å². The van der Waals surface area contributed by atoms with Gasteiger partial charge in [-0.2, -0.15) is 5.10 Å². The molecule has 1 unspecified atom stereocenters. The van der Waals surface area contributed by atoms with E-state index in [0.717, 1.165) is 6.42 Å². The van der Waals surface area contributed by atoms with Crippen molar-refractivity contribution < 1.29 is 17.9 Å². The molecule has 0 amide bonds. The van der Waals surface area contributed by atoms with E-state index in [9.17, 15) is 13.2 Å². The molecular weight excluding hydrogens is 373 g/mol. The summed E-state index contributed by atoms with van der Waals surface area (Å²) in [4.78, 5) is 12.5. The molecule has 1 aliphatic heterocycles. The molecule has 144 valence electrons. The summed E-state index contributed by atoms with van der Waals surface area (Å²) in [6.45, 7) is 0.660. The number of halogens is 3. The molecule has 0 fully saturated rings. The smallest absolute Gasteiger partial charge is 0.406 e. The second-order valence-corrected chi connectivity index (χ2v) is 6.19. The number of aliphatic imine (C=N–C) groups is 1. The van der Waals surface area contributed by atoms with E-state index in [1.807, 2.05) is 18.5 Å². The molecule has 0 bridgehead atoms. The Balaban J connectivity index is 1.52. The molecule has 1 aromatic carbocycles. The molecule has 1 N–H and O–H groups in total. The number of nitrogens with zero attached hydrogens (tertiary/aromatic N) is 5. The van der Waals surface area contributed by atoms with Crippen molar-refractivity contribution in [1.82, 2.24) is 19.7 Å². The van der Waals surface area contributed by atoms with E-state index in [2.05, 4.69) is 30.1 Å². The highest BCUT2D eigenvalue weighted by Gasteiger charge is 2.30. The lowest BCUT2D eigenvalue weighted by atomic mass is 10.1. The van der Waals surface area contributed by atoms with Crippen LogP contribution < -0.4 is 10.1 Å². The SMILES string of the molecule is FC(F)(F)Oc1ccc(Nc2ncnc3nn(CC4C=NC=CC4)cc23)cc1. The predicted octanol–water partition coefficient (Wildman–Crippen LogP) is 4.07. The Morgan fingerprint density at radius 3 is 2.71 bits per heavy atom. The predicted molar refractivity (Wildman–Crippen MR) is 97.5 cm³/mol. The van der Waals surface area contributed by atoms with Crippen molar-refractivity contribution >= 4 is 28.8 Å². The van der Waals surface area contributed by atoms with Crippen LogP contribution in [0.4, 0.5) is 24.7 Å². The van der Waals surface area contributed by atoms with Gasteiger partial charge in [-0.05, 0) is 30.7 Å². The van der Waals surface area contributed by atoms with Gasteiger partial charge in [0.25, 0.3) is 0 Å². The van der Waals surface area contributed by atoms with Crippen LogP contribution in [0.5, 0.6) is 5.75 Å². The number of allylic oxidation sites excluding steroid dienone is 1. The normalized spacial score (nSPS) is 16.5. The Morgan fingerprint density at radius 2 is 2.00 bits per heavy atom. The standard InChI is InChI=1S/C18H15F3N6O/c19-18(20,21)28-14-5-3-13(4-6-14)25-16-15-10-27(26-17(15)24-11-23-16)9-12-2-1-7-22-8-12/h1,3-8,10-12H,2,9H2,(H,23,24,25,26). The molecule has 0 radical (unpaired) electrons. The Morgan fingerprint density at radius 1 is 1.18 bits per heavy atom. The highest BCUT2D eigenvalue weighted by molar-refractivity contribution is 5.87. The fourth-order valence-corrected chi connectivity index (χ4v) is 2.84. The fourth-order valence-electron chi connectivity index (χ4n) is 2.84. The monoisotopic (exact) mass is 388 g/mol. The van der Waals surface area contributed by atoms with E-state index in [4.69, 9.17) is 0 Å². The van der Waals surface area contributed by atoms with Crippen LogP contribution in [0.15, 0.2) is 54.1 Å². The highest BCUT2D eigenvalue weighted by atomic mass is 19.4. The fraction of sp³-hybridized carbons (Fsp3) is 0.222. The van der Waals surface area contributed by atoms with Crippen LogP contribution in [-0.2, 0) is 6.54 Å². The van der Waals surface area contributed by atoms with Crippen molar-refractivity contribution in [1.29, 1.82) is 0 Å². The van der Waals surface area contributed by atoms with Crippen molar-refractivity contribution in [3.05, 3.63) is 49.1 Å². The maximum Gasteiger partial charge on any atom is 0.573 e. The molecule has 2 aromatic heterocycles. The third-order valence-electron chi connectivity index (χ3n) is 4.06. The first-order chi connectivity index (χ1) is 13.5. The number of hydrogen-bond donors (Lipinski definition) is 1. The highest BCUT2D eigenvalue weighted by Crippen LogP contribution is 2.27. The third-order valence-corrected chi connectivity index (χ3v) is 4.06. The van der Waals surface area contributed by atoms with Crippen LogP contribution in [-0.4, -0.2) is 32.3 Å². The van der Waals surface area contributed by atoms with Gasteiger partial charge in [-0.25, -0.2) is 9.97 Å². The summed E-state index contributed by atoms with van der Waals surface area (Å²) in [6, 6.07) is 5.41. The van der Waals surface area contributed by atoms with Crippen molar-refractivity contribution in [2.45, 2.75) is 19.3 Å². The summed E-state index contributed by atoms with van der Waals surface area (Å²) in [6.07, 6.45) is 5.06. The summed E-state index contributed by atoms with van der Waals surface area (Å²) in [5, 5.41) is 8.24. The summed E-state index contributed by atoms with van der Waals surface area (Å²) < 4.78 is 42.4. The number of aromatic nitrogens is 4. The van der Waals surface area contributed by atoms with Crippen LogP contribution in [0, 0.1) is 5.92 Å². The Labute approximate surface area is 157 Å². The number of hydrogen-bond acceptors (Lipinski definition) is 6. The van der Waals surface area contributed by atoms with Gasteiger partial charge in [0.2, 0.25) is 0 Å². The van der Waals surface area contributed by atoms with E-state index >= 15 is 0 Å². The molecule has 3 aromatic rings. The van der Waals surface area contributed by atoms with Crippen LogP contribution in [0.3, 0.4) is 0 Å². The first-order valence-electron chi connectivity index (χ1n) is 8.45. The van der Waals surface area contributed by atoms with Crippen LogP contribution in [0.2, 0.25) is 0 Å². The van der Waals surface area contributed by atoms with Gasteiger partial charge >= 0.3 is 6.36 Å². The molecule has 4 rings (SSSR count). The van der Waals surface area contributed by atoms with Gasteiger partial charge in [-0.3, -0.25) is 9.67 Å². The summed E-state index contributed by atoms with van der Waals surface area (Å²) in [7, 11) is 0. The molecular formula is C18H15F3N6O. The largest absolute Gasteiger partial charge is 0.573 e. The number of fused-ring (bicyclic) bond motifs is 1. The van der Waals surface area contributed by atoms with E-state index in [0.29, 0.717) is 29.1 Å². The summed E-state index contributed by atoms with van der Waals surface area (Å²) in [5.74, 6) is 0.477. The molecule has 1 aliphatic rings. The second-order valence-electron chi connectivity index (χ2n) is 6.19. The molecule has 3 heterocycles. The molecule has 7 nitrogen and oxygen atoms in total. The molecule has 0 aliphatic carbocycles. The van der Waals surface area contributed by atoms with Gasteiger partial charge in [-0.15, -0.1) is 13.2 Å². The van der Waals surface area contributed by atoms with E-state index in [1.165, 1.54) is 30.6 Å². The minimum atomic E-state index is -4.72. The van der Waals surface area contributed by atoms with Crippen molar-refractivity contribution in [3.63, 3.8) is 0 Å². The van der Waals surface area contributed by atoms with Crippen LogP contribution >= 0.6 is 0 Å². The van der Waals surface area contributed by atoms with Gasteiger partial charge < -0.3 is 10.1 Å². The Hall–Kier alpha value is -3.43. The van der Waals surface area contributed by atoms with Crippen molar-refractivity contribution in [3.8, 4) is 5.75 Å². The molecule has 10 heteroatoms. The first-order valence-corrected chi connectivity index (χ1v) is 8.45. The maximum absolute atomic E-state index is 12.3. The topological polar surface area (TPSA) is 77.2 Å². The number of nitrogens with one attached hydrogen (secondary N) is 1. The Bertz CT molecular complexity index is 1030. The molecule has 0 saturated carbocycles. The van der Waals surface area contributed by atoms with Gasteiger partial charge in [0.15, 0.2) is 5.65 Å².